The first-order chi connectivity index (χ1) is 10.1. The third kappa shape index (κ3) is 2.25. The molecule has 2 aromatic heterocycles. The standard InChI is InChI=1S/C15H12ClFN4/c1-21-15(18)12(9-5-4-6-10(16)13(9)17)14(20-21)11-7-2-3-8-19-11/h2-8H,18H2,1H3. The third-order valence-corrected chi connectivity index (χ3v) is 3.51. The minimum absolute atomic E-state index is 0.0442. The van der Waals surface area contributed by atoms with E-state index in [0.717, 1.165) is 0 Å². The Hall–Kier alpha value is -2.40. The first-order valence-corrected chi connectivity index (χ1v) is 6.65. The fourth-order valence-electron chi connectivity index (χ4n) is 2.18. The number of rotatable bonds is 2. The van der Waals surface area contributed by atoms with Gasteiger partial charge in [0, 0.05) is 18.8 Å². The van der Waals surface area contributed by atoms with E-state index in [-0.39, 0.29) is 5.02 Å². The van der Waals surface area contributed by atoms with E-state index in [1.165, 1.54) is 10.7 Å². The molecule has 0 atom stereocenters. The van der Waals surface area contributed by atoms with Crippen LogP contribution in [-0.4, -0.2) is 14.8 Å². The Labute approximate surface area is 126 Å². The maximum absolute atomic E-state index is 14.3. The Morgan fingerprint density at radius 2 is 2.00 bits per heavy atom. The van der Waals surface area contributed by atoms with Crippen LogP contribution in [0.5, 0.6) is 0 Å². The van der Waals surface area contributed by atoms with Crippen molar-refractivity contribution in [3.63, 3.8) is 0 Å². The largest absolute Gasteiger partial charge is 0.383 e. The molecule has 0 unspecified atom stereocenters. The summed E-state index contributed by atoms with van der Waals surface area (Å²) in [7, 11) is 1.70. The molecule has 0 fully saturated rings. The van der Waals surface area contributed by atoms with Crippen LogP contribution in [0.1, 0.15) is 0 Å². The molecule has 0 spiro atoms. The lowest BCUT2D eigenvalue weighted by atomic mass is 10.0. The highest BCUT2D eigenvalue weighted by atomic mass is 35.5. The van der Waals surface area contributed by atoms with Crippen LogP contribution in [0, 0.1) is 5.82 Å². The molecule has 0 radical (unpaired) electrons. The molecule has 3 rings (SSSR count). The lowest BCUT2D eigenvalue weighted by Crippen LogP contribution is -1.98. The fraction of sp³-hybridized carbons (Fsp3) is 0.0667. The predicted molar refractivity (Wildman–Crippen MR) is 81.3 cm³/mol. The zero-order valence-corrected chi connectivity index (χ0v) is 12.0. The van der Waals surface area contributed by atoms with Gasteiger partial charge in [-0.25, -0.2) is 4.39 Å². The van der Waals surface area contributed by atoms with Crippen molar-refractivity contribution in [1.82, 2.24) is 14.8 Å². The molecular formula is C15H12ClFN4. The number of nitrogens with zero attached hydrogens (tertiary/aromatic N) is 3. The van der Waals surface area contributed by atoms with Crippen molar-refractivity contribution in [2.45, 2.75) is 0 Å². The van der Waals surface area contributed by atoms with Crippen LogP contribution in [0.3, 0.4) is 0 Å². The zero-order chi connectivity index (χ0) is 15.0. The third-order valence-electron chi connectivity index (χ3n) is 3.22. The van der Waals surface area contributed by atoms with Crippen LogP contribution < -0.4 is 5.73 Å². The monoisotopic (exact) mass is 302 g/mol. The number of anilines is 1. The Balaban J connectivity index is 2.30. The number of pyridine rings is 1. The Morgan fingerprint density at radius 3 is 2.71 bits per heavy atom. The molecule has 0 saturated heterocycles. The molecule has 2 heterocycles. The number of halogens is 2. The van der Waals surface area contributed by atoms with Gasteiger partial charge in [0.15, 0.2) is 0 Å². The zero-order valence-electron chi connectivity index (χ0n) is 11.2. The van der Waals surface area contributed by atoms with Gasteiger partial charge in [-0.1, -0.05) is 29.8 Å². The van der Waals surface area contributed by atoms with E-state index in [4.69, 9.17) is 17.3 Å². The summed E-state index contributed by atoms with van der Waals surface area (Å²) in [5, 5.41) is 4.39. The maximum atomic E-state index is 14.3. The van der Waals surface area contributed by atoms with Gasteiger partial charge in [0.1, 0.15) is 17.3 Å². The summed E-state index contributed by atoms with van der Waals surface area (Å²) in [5.41, 5.74) is 8.01. The molecular weight excluding hydrogens is 291 g/mol. The van der Waals surface area contributed by atoms with Crippen LogP contribution in [0.2, 0.25) is 5.02 Å². The number of hydrogen-bond acceptors (Lipinski definition) is 3. The number of aryl methyl sites for hydroxylation is 1. The van der Waals surface area contributed by atoms with Crippen LogP contribution in [0.25, 0.3) is 22.5 Å². The second kappa shape index (κ2) is 5.18. The van der Waals surface area contributed by atoms with Crippen LogP contribution in [0.4, 0.5) is 10.2 Å². The van der Waals surface area contributed by atoms with Crippen LogP contribution >= 0.6 is 11.6 Å². The molecule has 3 aromatic rings. The minimum Gasteiger partial charge on any atom is -0.383 e. The molecule has 0 aliphatic rings. The van der Waals surface area contributed by atoms with Crippen LogP contribution in [-0.2, 0) is 7.05 Å². The number of benzene rings is 1. The van der Waals surface area contributed by atoms with Gasteiger partial charge in [-0.3, -0.25) is 9.67 Å². The van der Waals surface area contributed by atoms with Gasteiger partial charge in [-0.05, 0) is 18.2 Å². The van der Waals surface area contributed by atoms with E-state index in [2.05, 4.69) is 10.1 Å². The van der Waals surface area contributed by atoms with Crippen molar-refractivity contribution in [2.75, 3.05) is 5.73 Å². The summed E-state index contributed by atoms with van der Waals surface area (Å²) in [6.07, 6.45) is 1.65. The average Bonchev–Trinajstić information content (AvgIpc) is 2.79. The molecule has 0 bridgehead atoms. The molecule has 21 heavy (non-hydrogen) atoms. The Morgan fingerprint density at radius 1 is 1.19 bits per heavy atom. The summed E-state index contributed by atoms with van der Waals surface area (Å²) in [6.45, 7) is 0. The molecule has 4 nitrogen and oxygen atoms in total. The molecule has 0 aliphatic heterocycles. The van der Waals surface area contributed by atoms with Crippen LogP contribution in [0.15, 0.2) is 42.6 Å². The normalized spacial score (nSPS) is 10.8. The van der Waals surface area contributed by atoms with Crippen molar-refractivity contribution < 1.29 is 4.39 Å². The van der Waals surface area contributed by atoms with Gasteiger partial charge in [0.05, 0.1) is 16.3 Å². The SMILES string of the molecule is Cn1nc(-c2ccccn2)c(-c2cccc(Cl)c2F)c1N. The second-order valence-corrected chi connectivity index (χ2v) is 4.96. The smallest absolute Gasteiger partial charge is 0.149 e. The first kappa shape index (κ1) is 13.6. The van der Waals surface area contributed by atoms with Crippen molar-refractivity contribution in [1.29, 1.82) is 0 Å². The second-order valence-electron chi connectivity index (χ2n) is 4.55. The van der Waals surface area contributed by atoms with Crippen molar-refractivity contribution >= 4 is 17.4 Å². The molecule has 6 heteroatoms. The highest BCUT2D eigenvalue weighted by molar-refractivity contribution is 6.31. The summed E-state index contributed by atoms with van der Waals surface area (Å²) >= 11 is 5.86. The van der Waals surface area contributed by atoms with E-state index in [1.54, 1.807) is 37.5 Å². The van der Waals surface area contributed by atoms with Gasteiger partial charge >= 0.3 is 0 Å². The lowest BCUT2D eigenvalue weighted by molar-refractivity contribution is 0.632. The molecule has 0 aliphatic carbocycles. The molecule has 1 aromatic carbocycles. The average molecular weight is 303 g/mol. The topological polar surface area (TPSA) is 56.7 Å². The van der Waals surface area contributed by atoms with E-state index in [9.17, 15) is 4.39 Å². The highest BCUT2D eigenvalue weighted by Crippen LogP contribution is 2.37. The summed E-state index contributed by atoms with van der Waals surface area (Å²) in [4.78, 5) is 4.25. The highest BCUT2D eigenvalue weighted by Gasteiger charge is 2.21. The van der Waals surface area contributed by atoms with Crippen molar-refractivity contribution in [3.05, 3.63) is 53.4 Å². The van der Waals surface area contributed by atoms with E-state index in [1.807, 2.05) is 6.07 Å². The minimum atomic E-state index is -0.518. The van der Waals surface area contributed by atoms with Crippen molar-refractivity contribution in [3.8, 4) is 22.5 Å². The quantitative estimate of drug-likeness (QED) is 0.788. The van der Waals surface area contributed by atoms with E-state index in [0.29, 0.717) is 28.3 Å². The van der Waals surface area contributed by atoms with Gasteiger partial charge < -0.3 is 5.73 Å². The lowest BCUT2D eigenvalue weighted by Gasteiger charge is -2.06. The molecule has 2 N–H and O–H groups in total. The molecule has 106 valence electrons. The maximum Gasteiger partial charge on any atom is 0.149 e. The molecule has 0 amide bonds. The van der Waals surface area contributed by atoms with Gasteiger partial charge in [0.2, 0.25) is 0 Å². The van der Waals surface area contributed by atoms with E-state index >= 15 is 0 Å². The number of aromatic nitrogens is 3. The van der Waals surface area contributed by atoms with Gasteiger partial charge in [-0.2, -0.15) is 5.10 Å². The summed E-state index contributed by atoms with van der Waals surface area (Å²) in [5.74, 6) is -0.159. The first-order valence-electron chi connectivity index (χ1n) is 6.28. The number of hydrogen-bond donors (Lipinski definition) is 1. The predicted octanol–water partition coefficient (Wildman–Crippen LogP) is 3.52. The number of nitrogen functional groups attached to an aromatic ring is 1. The molecule has 0 saturated carbocycles. The van der Waals surface area contributed by atoms with Crippen molar-refractivity contribution in [2.24, 2.45) is 7.05 Å². The summed E-state index contributed by atoms with van der Waals surface area (Å²) in [6, 6.07) is 10.2. The Bertz CT molecular complexity index is 799. The van der Waals surface area contributed by atoms with E-state index < -0.39 is 5.82 Å². The van der Waals surface area contributed by atoms with Gasteiger partial charge in [0.25, 0.3) is 0 Å². The van der Waals surface area contributed by atoms with Gasteiger partial charge in [-0.15, -0.1) is 0 Å². The number of nitrogens with two attached hydrogens (primary N) is 1. The fourth-order valence-corrected chi connectivity index (χ4v) is 2.36. The summed E-state index contributed by atoms with van der Waals surface area (Å²) < 4.78 is 15.8. The Kier molecular flexibility index (Phi) is 3.35.